The van der Waals surface area contributed by atoms with Gasteiger partial charge in [-0.2, -0.15) is 0 Å². The van der Waals surface area contributed by atoms with Gasteiger partial charge in [0.2, 0.25) is 0 Å². The summed E-state index contributed by atoms with van der Waals surface area (Å²) in [5.74, 6) is 0. The van der Waals surface area contributed by atoms with Gasteiger partial charge in [0.1, 0.15) is 0 Å². The highest BCUT2D eigenvalue weighted by Gasteiger charge is 2.34. The molecule has 3 nitrogen and oxygen atoms in total. The number of ether oxygens (including phenoxy) is 1. The zero-order valence-electron chi connectivity index (χ0n) is 10.2. The average Bonchev–Trinajstić information content (AvgIpc) is 2.29. The Labute approximate surface area is 93.4 Å². The summed E-state index contributed by atoms with van der Waals surface area (Å²) in [5, 5.41) is 9.44. The van der Waals surface area contributed by atoms with Gasteiger partial charge in [0, 0.05) is 19.7 Å². The predicted molar refractivity (Wildman–Crippen MR) is 62.0 cm³/mol. The molecule has 0 amide bonds. The molecule has 0 radical (unpaired) electrons. The molecular weight excluding hydrogens is 190 g/mol. The van der Waals surface area contributed by atoms with Gasteiger partial charge < -0.3 is 14.7 Å². The van der Waals surface area contributed by atoms with Gasteiger partial charge in [0.15, 0.2) is 0 Å². The first-order chi connectivity index (χ1) is 7.26. The molecule has 0 aliphatic carbocycles. The second-order valence-corrected chi connectivity index (χ2v) is 4.53. The zero-order chi connectivity index (χ0) is 11.1. The molecule has 0 atom stereocenters. The third-order valence-corrected chi connectivity index (χ3v) is 3.21. The van der Waals surface area contributed by atoms with Crippen LogP contribution in [0.15, 0.2) is 0 Å². The van der Waals surface area contributed by atoms with Crippen LogP contribution in [0.1, 0.15) is 39.5 Å². The van der Waals surface area contributed by atoms with Crippen molar-refractivity contribution in [3.63, 3.8) is 0 Å². The van der Waals surface area contributed by atoms with Crippen LogP contribution in [0, 0.1) is 0 Å². The molecule has 0 aromatic rings. The number of rotatable bonds is 6. The van der Waals surface area contributed by atoms with Crippen LogP contribution in [0.2, 0.25) is 0 Å². The predicted octanol–water partition coefficient (Wildman–Crippen LogP) is 1.65. The minimum absolute atomic E-state index is 0.174. The van der Waals surface area contributed by atoms with Crippen molar-refractivity contribution in [2.24, 2.45) is 0 Å². The zero-order valence-corrected chi connectivity index (χ0v) is 10.2. The van der Waals surface area contributed by atoms with Crippen LogP contribution in [0.3, 0.4) is 0 Å². The van der Waals surface area contributed by atoms with E-state index >= 15 is 0 Å². The molecule has 3 heteroatoms. The number of likely N-dealkylation sites (tertiary alicyclic amines) is 1. The van der Waals surface area contributed by atoms with Crippen molar-refractivity contribution in [2.45, 2.75) is 45.1 Å². The van der Waals surface area contributed by atoms with E-state index < -0.39 is 0 Å². The van der Waals surface area contributed by atoms with Crippen LogP contribution in [0.25, 0.3) is 0 Å². The molecule has 0 unspecified atom stereocenters. The van der Waals surface area contributed by atoms with Crippen molar-refractivity contribution in [3.05, 3.63) is 0 Å². The topological polar surface area (TPSA) is 32.7 Å². The number of piperidine rings is 1. The summed E-state index contributed by atoms with van der Waals surface area (Å²) in [6, 6.07) is 0. The lowest BCUT2D eigenvalue weighted by Crippen LogP contribution is -2.48. The molecule has 1 aliphatic heterocycles. The summed E-state index contributed by atoms with van der Waals surface area (Å²) in [6.45, 7) is 8.57. The summed E-state index contributed by atoms with van der Waals surface area (Å²) in [5.41, 5.74) is -0.236. The first kappa shape index (κ1) is 12.9. The van der Waals surface area contributed by atoms with Gasteiger partial charge in [0.05, 0.1) is 12.2 Å². The van der Waals surface area contributed by atoms with Crippen LogP contribution in [0.4, 0.5) is 0 Å². The van der Waals surface area contributed by atoms with Crippen molar-refractivity contribution in [3.8, 4) is 0 Å². The quantitative estimate of drug-likeness (QED) is 0.731. The van der Waals surface area contributed by atoms with E-state index in [4.69, 9.17) is 4.74 Å². The van der Waals surface area contributed by atoms with Crippen LogP contribution < -0.4 is 0 Å². The second-order valence-electron chi connectivity index (χ2n) is 4.53. The van der Waals surface area contributed by atoms with E-state index in [1.165, 1.54) is 13.0 Å². The molecule has 1 fully saturated rings. The molecule has 1 N–H and O–H groups in total. The molecule has 1 saturated heterocycles. The van der Waals surface area contributed by atoms with Crippen LogP contribution in [0.5, 0.6) is 0 Å². The fourth-order valence-electron chi connectivity index (χ4n) is 2.17. The number of hydrogen-bond donors (Lipinski definition) is 1. The first-order valence-corrected chi connectivity index (χ1v) is 6.23. The normalized spacial score (nSPS) is 21.8. The first-order valence-electron chi connectivity index (χ1n) is 6.23. The standard InChI is InChI=1S/C12H25NO2/c1-3-7-13-8-5-12(11-14,6-9-13)15-10-4-2/h14H,3-11H2,1-2H3. The van der Waals surface area contributed by atoms with E-state index in [0.29, 0.717) is 0 Å². The van der Waals surface area contributed by atoms with Crippen LogP contribution >= 0.6 is 0 Å². The van der Waals surface area contributed by atoms with Gasteiger partial charge >= 0.3 is 0 Å². The molecule has 15 heavy (non-hydrogen) atoms. The van der Waals surface area contributed by atoms with Gasteiger partial charge in [-0.15, -0.1) is 0 Å². The molecule has 1 heterocycles. The number of hydrogen-bond acceptors (Lipinski definition) is 3. The minimum atomic E-state index is -0.236. The van der Waals surface area contributed by atoms with Crippen molar-refractivity contribution in [1.82, 2.24) is 4.90 Å². The fourth-order valence-corrected chi connectivity index (χ4v) is 2.17. The Hall–Kier alpha value is -0.120. The Balaban J connectivity index is 2.36. The lowest BCUT2D eigenvalue weighted by molar-refractivity contribution is -0.111. The molecule has 1 aliphatic rings. The highest BCUT2D eigenvalue weighted by molar-refractivity contribution is 4.87. The van der Waals surface area contributed by atoms with E-state index in [1.807, 2.05) is 0 Å². The summed E-state index contributed by atoms with van der Waals surface area (Å²) in [7, 11) is 0. The van der Waals surface area contributed by atoms with Gasteiger partial charge in [-0.05, 0) is 32.2 Å². The summed E-state index contributed by atoms with van der Waals surface area (Å²) in [6.07, 6.45) is 4.19. The van der Waals surface area contributed by atoms with Crippen LogP contribution in [-0.4, -0.2) is 48.5 Å². The molecule has 0 bridgehead atoms. The number of aliphatic hydroxyl groups is 1. The Morgan fingerprint density at radius 1 is 1.20 bits per heavy atom. The van der Waals surface area contributed by atoms with Gasteiger partial charge in [-0.1, -0.05) is 13.8 Å². The summed E-state index contributed by atoms with van der Waals surface area (Å²) >= 11 is 0. The Morgan fingerprint density at radius 3 is 2.33 bits per heavy atom. The summed E-state index contributed by atoms with van der Waals surface area (Å²) < 4.78 is 5.82. The van der Waals surface area contributed by atoms with Gasteiger partial charge in [-0.3, -0.25) is 0 Å². The monoisotopic (exact) mass is 215 g/mol. The van der Waals surface area contributed by atoms with E-state index in [2.05, 4.69) is 18.7 Å². The lowest BCUT2D eigenvalue weighted by Gasteiger charge is -2.40. The van der Waals surface area contributed by atoms with Crippen LogP contribution in [-0.2, 0) is 4.74 Å². The van der Waals surface area contributed by atoms with E-state index in [0.717, 1.165) is 39.0 Å². The number of nitrogens with zero attached hydrogens (tertiary/aromatic N) is 1. The third kappa shape index (κ3) is 3.74. The number of aliphatic hydroxyl groups excluding tert-OH is 1. The van der Waals surface area contributed by atoms with Gasteiger partial charge in [0.25, 0.3) is 0 Å². The maximum absolute atomic E-state index is 9.44. The maximum Gasteiger partial charge on any atom is 0.0936 e. The Morgan fingerprint density at radius 2 is 1.87 bits per heavy atom. The SMILES string of the molecule is CCCOC1(CO)CCN(CCC)CC1. The molecule has 1 rings (SSSR count). The van der Waals surface area contributed by atoms with E-state index in [-0.39, 0.29) is 12.2 Å². The smallest absolute Gasteiger partial charge is 0.0936 e. The minimum Gasteiger partial charge on any atom is -0.393 e. The largest absolute Gasteiger partial charge is 0.393 e. The molecule has 0 aromatic heterocycles. The summed E-state index contributed by atoms with van der Waals surface area (Å²) in [4.78, 5) is 2.46. The lowest BCUT2D eigenvalue weighted by atomic mass is 9.92. The average molecular weight is 215 g/mol. The maximum atomic E-state index is 9.44. The fraction of sp³-hybridized carbons (Fsp3) is 1.00. The van der Waals surface area contributed by atoms with E-state index in [9.17, 15) is 5.11 Å². The molecule has 90 valence electrons. The second kappa shape index (κ2) is 6.46. The van der Waals surface area contributed by atoms with Crippen molar-refractivity contribution in [2.75, 3.05) is 32.8 Å². The van der Waals surface area contributed by atoms with Crippen molar-refractivity contribution >= 4 is 0 Å². The molecule has 0 saturated carbocycles. The highest BCUT2D eigenvalue weighted by atomic mass is 16.5. The highest BCUT2D eigenvalue weighted by Crippen LogP contribution is 2.26. The Bertz CT molecular complexity index is 165. The Kier molecular flexibility index (Phi) is 5.58. The third-order valence-electron chi connectivity index (χ3n) is 3.21. The van der Waals surface area contributed by atoms with Crippen molar-refractivity contribution in [1.29, 1.82) is 0 Å². The molecule has 0 aromatic carbocycles. The van der Waals surface area contributed by atoms with E-state index in [1.54, 1.807) is 0 Å². The van der Waals surface area contributed by atoms with Gasteiger partial charge in [-0.25, -0.2) is 0 Å². The van der Waals surface area contributed by atoms with Crippen molar-refractivity contribution < 1.29 is 9.84 Å². The molecular formula is C12H25NO2. The molecule has 0 spiro atoms.